The number of pyridine rings is 1. The number of rotatable bonds is 3. The minimum atomic E-state index is -0.499. The van der Waals surface area contributed by atoms with Crippen LogP contribution in [0.5, 0.6) is 0 Å². The summed E-state index contributed by atoms with van der Waals surface area (Å²) in [5.74, 6) is -0.997. The second-order valence-corrected chi connectivity index (χ2v) is 4.72. The molecule has 0 atom stereocenters. The third-order valence-corrected chi connectivity index (χ3v) is 3.44. The van der Waals surface area contributed by atoms with Crippen LogP contribution in [-0.4, -0.2) is 11.3 Å². The van der Waals surface area contributed by atoms with E-state index in [-0.39, 0.29) is 4.90 Å². The Kier molecular flexibility index (Phi) is 3.72. The Labute approximate surface area is 107 Å². The summed E-state index contributed by atoms with van der Waals surface area (Å²) in [5.41, 5.74) is 1.20. The topological polar surface area (TPSA) is 30.0 Å². The molecule has 0 saturated carbocycles. The van der Waals surface area contributed by atoms with Crippen molar-refractivity contribution in [3.05, 3.63) is 53.2 Å². The molecule has 1 heterocycles. The summed E-state index contributed by atoms with van der Waals surface area (Å²) in [7, 11) is 0. The molecule has 18 heavy (non-hydrogen) atoms. The maximum atomic E-state index is 13.5. The van der Waals surface area contributed by atoms with Crippen molar-refractivity contribution in [3.63, 3.8) is 0 Å². The number of aryl methyl sites for hydroxylation is 1. The highest BCUT2D eigenvalue weighted by Crippen LogP contribution is 2.31. The molecule has 2 aromatic rings. The summed E-state index contributed by atoms with van der Waals surface area (Å²) in [4.78, 5) is 14.8. The molecule has 92 valence electrons. The lowest BCUT2D eigenvalue weighted by Gasteiger charge is -2.06. The summed E-state index contributed by atoms with van der Waals surface area (Å²) in [6.45, 7) is 1.76. The van der Waals surface area contributed by atoms with Gasteiger partial charge in [-0.05, 0) is 36.8 Å². The van der Waals surface area contributed by atoms with Crippen molar-refractivity contribution in [2.45, 2.75) is 16.8 Å². The van der Waals surface area contributed by atoms with E-state index in [9.17, 15) is 13.6 Å². The lowest BCUT2D eigenvalue weighted by Crippen LogP contribution is -1.91. The number of carbonyl (C=O) groups excluding carboxylic acids is 1. The van der Waals surface area contributed by atoms with Crippen molar-refractivity contribution in [2.75, 3.05) is 0 Å². The van der Waals surface area contributed by atoms with Gasteiger partial charge in [-0.2, -0.15) is 0 Å². The lowest BCUT2D eigenvalue weighted by atomic mass is 10.2. The van der Waals surface area contributed by atoms with Gasteiger partial charge < -0.3 is 0 Å². The number of hydrogen-bond acceptors (Lipinski definition) is 3. The van der Waals surface area contributed by atoms with Crippen LogP contribution in [0.25, 0.3) is 0 Å². The van der Waals surface area contributed by atoms with E-state index in [2.05, 4.69) is 4.98 Å². The third-order valence-electron chi connectivity index (χ3n) is 2.29. The highest BCUT2D eigenvalue weighted by molar-refractivity contribution is 7.99. The first-order chi connectivity index (χ1) is 8.60. The van der Waals surface area contributed by atoms with E-state index in [0.29, 0.717) is 16.9 Å². The molecule has 0 saturated heterocycles. The fraction of sp³-hybridized carbons (Fsp3) is 0.0769. The zero-order valence-corrected chi connectivity index (χ0v) is 10.3. The van der Waals surface area contributed by atoms with Gasteiger partial charge in [-0.1, -0.05) is 11.8 Å². The molecule has 2 nitrogen and oxygen atoms in total. The first-order valence-electron chi connectivity index (χ1n) is 5.15. The van der Waals surface area contributed by atoms with Crippen molar-refractivity contribution in [2.24, 2.45) is 0 Å². The van der Waals surface area contributed by atoms with Crippen LogP contribution in [-0.2, 0) is 0 Å². The minimum Gasteiger partial charge on any atom is -0.298 e. The quantitative estimate of drug-likeness (QED) is 0.794. The van der Waals surface area contributed by atoms with Gasteiger partial charge in [0.1, 0.15) is 16.7 Å². The summed E-state index contributed by atoms with van der Waals surface area (Å²) in [6.07, 6.45) is 2.09. The van der Waals surface area contributed by atoms with E-state index in [1.807, 2.05) is 0 Å². The molecule has 2 rings (SSSR count). The molecule has 0 bridgehead atoms. The Morgan fingerprint density at radius 2 is 2.06 bits per heavy atom. The average Bonchev–Trinajstić information content (AvgIpc) is 2.36. The molecule has 0 spiro atoms. The van der Waals surface area contributed by atoms with Crippen molar-refractivity contribution >= 4 is 18.0 Å². The second kappa shape index (κ2) is 5.27. The molecule has 0 amide bonds. The molecule has 1 aromatic heterocycles. The average molecular weight is 265 g/mol. The number of aldehydes is 1. The van der Waals surface area contributed by atoms with Gasteiger partial charge in [-0.3, -0.25) is 4.79 Å². The van der Waals surface area contributed by atoms with E-state index in [1.165, 1.54) is 6.20 Å². The van der Waals surface area contributed by atoms with E-state index >= 15 is 0 Å². The van der Waals surface area contributed by atoms with Gasteiger partial charge >= 0.3 is 0 Å². The van der Waals surface area contributed by atoms with Gasteiger partial charge in [0, 0.05) is 11.8 Å². The Bertz CT molecular complexity index is 602. The standard InChI is InChI=1S/C13H9F2NOS/c1-8-4-9(7-17)6-16-13(8)18-12-5-10(14)2-3-11(12)15/h2-7H,1H3. The summed E-state index contributed by atoms with van der Waals surface area (Å²) < 4.78 is 26.5. The highest BCUT2D eigenvalue weighted by Gasteiger charge is 2.09. The smallest absolute Gasteiger partial charge is 0.151 e. The number of aromatic nitrogens is 1. The van der Waals surface area contributed by atoms with Gasteiger partial charge in [-0.15, -0.1) is 0 Å². The van der Waals surface area contributed by atoms with Crippen LogP contribution in [0.15, 0.2) is 40.4 Å². The molecule has 1 aromatic carbocycles. The molecule has 0 aliphatic carbocycles. The van der Waals surface area contributed by atoms with E-state index in [4.69, 9.17) is 0 Å². The number of benzene rings is 1. The number of nitrogens with zero attached hydrogens (tertiary/aromatic N) is 1. The highest BCUT2D eigenvalue weighted by atomic mass is 32.2. The molecular weight excluding hydrogens is 256 g/mol. The molecule has 5 heteroatoms. The fourth-order valence-electron chi connectivity index (χ4n) is 1.41. The number of carbonyl (C=O) groups is 1. The summed E-state index contributed by atoms with van der Waals surface area (Å²) in [6, 6.07) is 4.91. The first kappa shape index (κ1) is 12.7. The zero-order valence-electron chi connectivity index (χ0n) is 9.48. The second-order valence-electron chi connectivity index (χ2n) is 3.69. The van der Waals surface area contributed by atoms with Gasteiger partial charge in [0.25, 0.3) is 0 Å². The zero-order chi connectivity index (χ0) is 13.1. The maximum absolute atomic E-state index is 13.5. The Morgan fingerprint density at radius 1 is 1.28 bits per heavy atom. The van der Waals surface area contributed by atoms with Crippen LogP contribution in [0.3, 0.4) is 0 Å². The first-order valence-corrected chi connectivity index (χ1v) is 5.96. The molecule has 0 aliphatic rings. The number of halogens is 2. The van der Waals surface area contributed by atoms with Crippen molar-refractivity contribution < 1.29 is 13.6 Å². The molecule has 0 N–H and O–H groups in total. The Hall–Kier alpha value is -1.75. The predicted molar refractivity (Wildman–Crippen MR) is 64.8 cm³/mol. The SMILES string of the molecule is Cc1cc(C=O)cnc1Sc1cc(F)ccc1F. The fourth-order valence-corrected chi connectivity index (χ4v) is 2.29. The van der Waals surface area contributed by atoms with Crippen molar-refractivity contribution in [1.29, 1.82) is 0 Å². The van der Waals surface area contributed by atoms with Gasteiger partial charge in [0.15, 0.2) is 6.29 Å². The monoisotopic (exact) mass is 265 g/mol. The molecular formula is C13H9F2NOS. The molecule has 0 unspecified atom stereocenters. The van der Waals surface area contributed by atoms with Crippen molar-refractivity contribution in [1.82, 2.24) is 4.98 Å². The molecule has 0 radical (unpaired) electrons. The largest absolute Gasteiger partial charge is 0.298 e. The van der Waals surface area contributed by atoms with E-state index < -0.39 is 11.6 Å². The Balaban J connectivity index is 2.34. The summed E-state index contributed by atoms with van der Waals surface area (Å²) >= 11 is 1.03. The van der Waals surface area contributed by atoms with Crippen LogP contribution < -0.4 is 0 Å². The van der Waals surface area contributed by atoms with Gasteiger partial charge in [-0.25, -0.2) is 13.8 Å². The normalized spacial score (nSPS) is 10.4. The van der Waals surface area contributed by atoms with Crippen LogP contribution in [0.1, 0.15) is 15.9 Å². The Morgan fingerprint density at radius 3 is 2.72 bits per heavy atom. The van der Waals surface area contributed by atoms with Crippen LogP contribution in [0, 0.1) is 18.6 Å². The van der Waals surface area contributed by atoms with Crippen LogP contribution in [0.4, 0.5) is 8.78 Å². The van der Waals surface area contributed by atoms with Crippen LogP contribution in [0.2, 0.25) is 0 Å². The van der Waals surface area contributed by atoms with E-state index in [0.717, 1.165) is 35.5 Å². The predicted octanol–water partition coefficient (Wildman–Crippen LogP) is 3.63. The van der Waals surface area contributed by atoms with Crippen molar-refractivity contribution in [3.8, 4) is 0 Å². The van der Waals surface area contributed by atoms with Gasteiger partial charge in [0.05, 0.1) is 4.90 Å². The van der Waals surface area contributed by atoms with Gasteiger partial charge in [0.2, 0.25) is 0 Å². The minimum absolute atomic E-state index is 0.171. The summed E-state index contributed by atoms with van der Waals surface area (Å²) in [5, 5.41) is 0.546. The third kappa shape index (κ3) is 2.73. The van der Waals surface area contributed by atoms with E-state index in [1.54, 1.807) is 13.0 Å². The maximum Gasteiger partial charge on any atom is 0.151 e. The molecule has 0 fully saturated rings. The van der Waals surface area contributed by atoms with Crippen LogP contribution >= 0.6 is 11.8 Å². The lowest BCUT2D eigenvalue weighted by molar-refractivity contribution is 0.112. The number of hydrogen-bond donors (Lipinski definition) is 0. The molecule has 0 aliphatic heterocycles.